The molecule has 0 unspecified atom stereocenters. The third kappa shape index (κ3) is 2.50. The first-order valence-corrected chi connectivity index (χ1v) is 6.60. The Kier molecular flexibility index (Phi) is 3.73. The summed E-state index contributed by atoms with van der Waals surface area (Å²) in [7, 11) is 0. The normalized spacial score (nSPS) is 10.9. The molecular weight excluding hydrogens is 290 g/mol. The van der Waals surface area contributed by atoms with Gasteiger partial charge in [0, 0.05) is 6.42 Å². The second-order valence-electron chi connectivity index (χ2n) is 3.46. The molecule has 0 atom stereocenters. The second-order valence-corrected chi connectivity index (χ2v) is 5.83. The topological polar surface area (TPSA) is 64.9 Å². The lowest BCUT2D eigenvalue weighted by molar-refractivity contribution is 0.500. The van der Waals surface area contributed by atoms with Gasteiger partial charge in [0.25, 0.3) is 5.89 Å². The first-order chi connectivity index (χ1) is 7.70. The van der Waals surface area contributed by atoms with Crippen molar-refractivity contribution in [2.75, 3.05) is 6.54 Å². The number of halogens is 1. The summed E-state index contributed by atoms with van der Waals surface area (Å²) in [5.41, 5.74) is 6.61. The predicted molar refractivity (Wildman–Crippen MR) is 67.4 cm³/mol. The van der Waals surface area contributed by atoms with Crippen LogP contribution in [-0.4, -0.2) is 16.7 Å². The number of hydrogen-bond donors (Lipinski definition) is 1. The molecule has 0 saturated heterocycles. The minimum Gasteiger partial charge on any atom is -0.420 e. The standard InChI is InChI=1S/C10H12BrN3OS/c1-6-5-7(16-9(6)11)10-14-13-8(15-10)3-2-4-12/h5H,2-4,12H2,1H3. The van der Waals surface area contributed by atoms with Crippen molar-refractivity contribution < 1.29 is 4.42 Å². The van der Waals surface area contributed by atoms with Crippen molar-refractivity contribution in [3.8, 4) is 10.8 Å². The lowest BCUT2D eigenvalue weighted by Crippen LogP contribution is -2.00. The fourth-order valence-corrected chi connectivity index (χ4v) is 2.73. The molecule has 0 radical (unpaired) electrons. The van der Waals surface area contributed by atoms with Gasteiger partial charge in [-0.25, -0.2) is 0 Å². The Hall–Kier alpha value is -0.720. The molecule has 2 heterocycles. The first kappa shape index (κ1) is 11.8. The average molecular weight is 302 g/mol. The van der Waals surface area contributed by atoms with Crippen molar-refractivity contribution in [1.82, 2.24) is 10.2 Å². The molecule has 2 aromatic rings. The van der Waals surface area contributed by atoms with Crippen LogP contribution in [0.3, 0.4) is 0 Å². The first-order valence-electron chi connectivity index (χ1n) is 4.99. The molecule has 0 aliphatic carbocycles. The Morgan fingerprint density at radius 1 is 1.50 bits per heavy atom. The van der Waals surface area contributed by atoms with E-state index in [2.05, 4.69) is 26.1 Å². The molecule has 0 spiro atoms. The van der Waals surface area contributed by atoms with Gasteiger partial charge in [-0.1, -0.05) is 0 Å². The maximum absolute atomic E-state index is 5.55. The largest absolute Gasteiger partial charge is 0.420 e. The van der Waals surface area contributed by atoms with E-state index >= 15 is 0 Å². The van der Waals surface area contributed by atoms with Crippen molar-refractivity contribution in [1.29, 1.82) is 0 Å². The number of nitrogens with two attached hydrogens (primary N) is 1. The lowest BCUT2D eigenvalue weighted by Gasteiger charge is -1.89. The Labute approximate surface area is 106 Å². The summed E-state index contributed by atoms with van der Waals surface area (Å²) in [6.07, 6.45) is 1.61. The molecule has 86 valence electrons. The summed E-state index contributed by atoms with van der Waals surface area (Å²) in [5.74, 6) is 1.24. The quantitative estimate of drug-likeness (QED) is 0.943. The molecule has 0 aliphatic heterocycles. The van der Waals surface area contributed by atoms with E-state index in [1.807, 2.05) is 13.0 Å². The third-order valence-corrected chi connectivity index (χ3v) is 4.25. The highest BCUT2D eigenvalue weighted by Crippen LogP contribution is 2.33. The van der Waals surface area contributed by atoms with E-state index < -0.39 is 0 Å². The molecule has 6 heteroatoms. The smallest absolute Gasteiger partial charge is 0.257 e. The van der Waals surface area contributed by atoms with Gasteiger partial charge in [0.05, 0.1) is 8.66 Å². The van der Waals surface area contributed by atoms with Crippen molar-refractivity contribution in [3.63, 3.8) is 0 Å². The van der Waals surface area contributed by atoms with Gasteiger partial charge in [0.2, 0.25) is 5.89 Å². The zero-order valence-electron chi connectivity index (χ0n) is 8.86. The minimum absolute atomic E-state index is 0.589. The van der Waals surface area contributed by atoms with Gasteiger partial charge >= 0.3 is 0 Å². The van der Waals surface area contributed by atoms with Gasteiger partial charge in [0.1, 0.15) is 0 Å². The van der Waals surface area contributed by atoms with Crippen LogP contribution in [0.1, 0.15) is 17.9 Å². The third-order valence-electron chi connectivity index (χ3n) is 2.13. The number of nitrogens with zero attached hydrogens (tertiary/aromatic N) is 2. The van der Waals surface area contributed by atoms with Crippen molar-refractivity contribution in [2.45, 2.75) is 19.8 Å². The van der Waals surface area contributed by atoms with Crippen LogP contribution in [0.5, 0.6) is 0 Å². The second kappa shape index (κ2) is 5.07. The molecule has 0 aromatic carbocycles. The molecule has 2 aromatic heterocycles. The lowest BCUT2D eigenvalue weighted by atomic mass is 10.3. The van der Waals surface area contributed by atoms with Gasteiger partial charge in [-0.05, 0) is 47.4 Å². The molecule has 0 saturated carbocycles. The molecule has 0 fully saturated rings. The number of rotatable bonds is 4. The highest BCUT2D eigenvalue weighted by Gasteiger charge is 2.12. The molecule has 0 bridgehead atoms. The number of aryl methyl sites for hydroxylation is 2. The van der Waals surface area contributed by atoms with E-state index in [1.54, 1.807) is 11.3 Å². The highest BCUT2D eigenvalue weighted by atomic mass is 79.9. The molecule has 2 N–H and O–H groups in total. The van der Waals surface area contributed by atoms with E-state index in [9.17, 15) is 0 Å². The summed E-state index contributed by atoms with van der Waals surface area (Å²) in [4.78, 5) is 0.996. The Bertz CT molecular complexity index is 461. The summed E-state index contributed by atoms with van der Waals surface area (Å²) in [6.45, 7) is 2.68. The van der Waals surface area contributed by atoms with Crippen molar-refractivity contribution in [3.05, 3.63) is 21.3 Å². The maximum atomic E-state index is 5.55. The van der Waals surface area contributed by atoms with Gasteiger partial charge in [-0.2, -0.15) is 0 Å². The van der Waals surface area contributed by atoms with Crippen LogP contribution in [0.25, 0.3) is 10.8 Å². The van der Waals surface area contributed by atoms with Crippen LogP contribution >= 0.6 is 27.3 Å². The number of thiophene rings is 1. The predicted octanol–water partition coefficient (Wildman–Crippen LogP) is 2.76. The molecular formula is C10H12BrN3OS. The van der Waals surface area contributed by atoms with E-state index in [4.69, 9.17) is 10.2 Å². The van der Waals surface area contributed by atoms with Crippen LogP contribution in [0, 0.1) is 6.92 Å². The minimum atomic E-state index is 0.589. The monoisotopic (exact) mass is 301 g/mol. The molecule has 2 rings (SSSR count). The summed E-state index contributed by atoms with van der Waals surface area (Å²) in [5, 5.41) is 8.01. The van der Waals surface area contributed by atoms with Crippen LogP contribution < -0.4 is 5.73 Å². The van der Waals surface area contributed by atoms with Crippen LogP contribution in [0.15, 0.2) is 14.3 Å². The fraction of sp³-hybridized carbons (Fsp3) is 0.400. The number of hydrogen-bond acceptors (Lipinski definition) is 5. The average Bonchev–Trinajstić information content (AvgIpc) is 2.84. The zero-order valence-corrected chi connectivity index (χ0v) is 11.3. The van der Waals surface area contributed by atoms with E-state index in [1.165, 1.54) is 5.56 Å². The van der Waals surface area contributed by atoms with Crippen molar-refractivity contribution >= 4 is 27.3 Å². The molecule has 16 heavy (non-hydrogen) atoms. The summed E-state index contributed by atoms with van der Waals surface area (Å²) < 4.78 is 6.65. The van der Waals surface area contributed by atoms with Crippen LogP contribution in [0.2, 0.25) is 0 Å². The number of aromatic nitrogens is 2. The Morgan fingerprint density at radius 3 is 2.94 bits per heavy atom. The van der Waals surface area contributed by atoms with E-state index in [0.29, 0.717) is 18.3 Å². The van der Waals surface area contributed by atoms with E-state index in [0.717, 1.165) is 21.5 Å². The Morgan fingerprint density at radius 2 is 2.31 bits per heavy atom. The van der Waals surface area contributed by atoms with Crippen molar-refractivity contribution in [2.24, 2.45) is 5.73 Å². The molecule has 4 nitrogen and oxygen atoms in total. The van der Waals surface area contributed by atoms with Crippen LogP contribution in [-0.2, 0) is 6.42 Å². The maximum Gasteiger partial charge on any atom is 0.257 e. The molecule has 0 amide bonds. The summed E-state index contributed by atoms with van der Waals surface area (Å²) in [6, 6.07) is 2.04. The zero-order chi connectivity index (χ0) is 11.5. The van der Waals surface area contributed by atoms with E-state index in [-0.39, 0.29) is 0 Å². The Balaban J connectivity index is 2.18. The highest BCUT2D eigenvalue weighted by molar-refractivity contribution is 9.11. The van der Waals surface area contributed by atoms with Gasteiger partial charge in [-0.15, -0.1) is 21.5 Å². The van der Waals surface area contributed by atoms with Gasteiger partial charge in [-0.3, -0.25) is 0 Å². The molecule has 0 aliphatic rings. The van der Waals surface area contributed by atoms with Crippen LogP contribution in [0.4, 0.5) is 0 Å². The van der Waals surface area contributed by atoms with Gasteiger partial charge < -0.3 is 10.2 Å². The SMILES string of the molecule is Cc1cc(-c2nnc(CCCN)o2)sc1Br. The summed E-state index contributed by atoms with van der Waals surface area (Å²) >= 11 is 5.07. The fourth-order valence-electron chi connectivity index (χ4n) is 1.27. The van der Waals surface area contributed by atoms with Gasteiger partial charge in [0.15, 0.2) is 0 Å².